The molecule has 0 radical (unpaired) electrons. The molecular formula is C9H18N2O2S2. The second-order valence-corrected chi connectivity index (χ2v) is 6.54. The van der Waals surface area contributed by atoms with E-state index >= 15 is 0 Å². The molecule has 1 aliphatic rings. The Hall–Kier alpha value is -0.360. The van der Waals surface area contributed by atoms with E-state index in [4.69, 9.17) is 12.2 Å². The maximum atomic E-state index is 11.2. The van der Waals surface area contributed by atoms with Gasteiger partial charge in [-0.3, -0.25) is 0 Å². The normalized spacial score (nSPS) is 23.7. The Balaban J connectivity index is 2.18. The van der Waals surface area contributed by atoms with E-state index in [0.29, 0.717) is 23.2 Å². The van der Waals surface area contributed by atoms with Gasteiger partial charge in [0.15, 0.2) is 14.9 Å². The van der Waals surface area contributed by atoms with E-state index in [1.807, 2.05) is 0 Å². The summed E-state index contributed by atoms with van der Waals surface area (Å²) in [7, 11) is -2.76. The molecule has 0 saturated carbocycles. The second kappa shape index (κ2) is 5.65. The molecule has 0 spiro atoms. The zero-order valence-electron chi connectivity index (χ0n) is 8.95. The van der Waals surface area contributed by atoms with Crippen LogP contribution < -0.4 is 10.6 Å². The number of hydrogen-bond acceptors (Lipinski definition) is 3. The molecule has 15 heavy (non-hydrogen) atoms. The predicted molar refractivity (Wildman–Crippen MR) is 65.7 cm³/mol. The third kappa shape index (κ3) is 4.79. The summed E-state index contributed by atoms with van der Waals surface area (Å²) < 4.78 is 22.4. The minimum absolute atomic E-state index is 0.219. The first-order valence-electron chi connectivity index (χ1n) is 5.25. The summed E-state index contributed by atoms with van der Waals surface area (Å²) in [6.45, 7) is 3.59. The number of rotatable bonds is 4. The van der Waals surface area contributed by atoms with Gasteiger partial charge in [-0.25, -0.2) is 8.42 Å². The number of hydrogen-bond donors (Lipinski definition) is 2. The van der Waals surface area contributed by atoms with Crippen molar-refractivity contribution < 1.29 is 8.42 Å². The first kappa shape index (κ1) is 12.7. The van der Waals surface area contributed by atoms with E-state index in [2.05, 4.69) is 17.6 Å². The summed E-state index contributed by atoms with van der Waals surface area (Å²) in [5.41, 5.74) is 0. The molecule has 1 rings (SSSR count). The van der Waals surface area contributed by atoms with Crippen molar-refractivity contribution in [3.05, 3.63) is 0 Å². The molecule has 1 aliphatic heterocycles. The highest BCUT2D eigenvalue weighted by Crippen LogP contribution is 2.17. The average molecular weight is 250 g/mol. The van der Waals surface area contributed by atoms with Gasteiger partial charge < -0.3 is 10.6 Å². The lowest BCUT2D eigenvalue weighted by molar-refractivity contribution is 0.570. The molecule has 88 valence electrons. The van der Waals surface area contributed by atoms with Gasteiger partial charge in [-0.2, -0.15) is 0 Å². The first-order chi connectivity index (χ1) is 7.03. The van der Waals surface area contributed by atoms with Gasteiger partial charge in [-0.05, 0) is 31.0 Å². The highest BCUT2D eigenvalue weighted by molar-refractivity contribution is 7.91. The molecule has 1 fully saturated rings. The Morgan fingerprint density at radius 1 is 1.47 bits per heavy atom. The van der Waals surface area contributed by atoms with E-state index in [-0.39, 0.29) is 5.92 Å². The van der Waals surface area contributed by atoms with Crippen LogP contribution in [0.4, 0.5) is 0 Å². The maximum absolute atomic E-state index is 11.2. The zero-order valence-corrected chi connectivity index (χ0v) is 10.6. The van der Waals surface area contributed by atoms with E-state index in [1.54, 1.807) is 0 Å². The van der Waals surface area contributed by atoms with Crippen molar-refractivity contribution in [3.8, 4) is 0 Å². The van der Waals surface area contributed by atoms with Gasteiger partial charge in [0, 0.05) is 13.1 Å². The molecule has 1 unspecified atom stereocenters. The van der Waals surface area contributed by atoms with Crippen molar-refractivity contribution >= 4 is 27.2 Å². The average Bonchev–Trinajstić information content (AvgIpc) is 2.52. The molecule has 0 aromatic rings. The minimum atomic E-state index is -2.76. The van der Waals surface area contributed by atoms with Crippen LogP contribution in [0, 0.1) is 5.92 Å². The van der Waals surface area contributed by atoms with Crippen molar-refractivity contribution in [1.29, 1.82) is 0 Å². The third-order valence-electron chi connectivity index (χ3n) is 2.41. The number of sulfone groups is 1. The summed E-state index contributed by atoms with van der Waals surface area (Å²) >= 11 is 5.04. The first-order valence-corrected chi connectivity index (χ1v) is 7.48. The van der Waals surface area contributed by atoms with Crippen LogP contribution in [-0.4, -0.2) is 38.1 Å². The molecule has 0 aliphatic carbocycles. The standard InChI is InChI=1S/C9H18N2O2S2/c1-2-4-10-9(14)11-6-8-3-5-15(12,13)7-8/h8H,2-7H2,1H3,(H2,10,11,14). The van der Waals surface area contributed by atoms with Crippen LogP contribution in [0.25, 0.3) is 0 Å². The monoisotopic (exact) mass is 250 g/mol. The zero-order chi connectivity index (χ0) is 11.3. The summed E-state index contributed by atoms with van der Waals surface area (Å²) in [5, 5.41) is 6.73. The van der Waals surface area contributed by atoms with Crippen LogP contribution in [0.1, 0.15) is 19.8 Å². The fourth-order valence-electron chi connectivity index (χ4n) is 1.57. The Kier molecular flexibility index (Phi) is 4.79. The summed E-state index contributed by atoms with van der Waals surface area (Å²) in [5.74, 6) is 0.849. The van der Waals surface area contributed by atoms with Gasteiger partial charge in [0.1, 0.15) is 0 Å². The topological polar surface area (TPSA) is 58.2 Å². The molecular weight excluding hydrogens is 232 g/mol. The van der Waals surface area contributed by atoms with Crippen molar-refractivity contribution in [1.82, 2.24) is 10.6 Å². The molecule has 1 atom stereocenters. The second-order valence-electron chi connectivity index (χ2n) is 3.91. The minimum Gasteiger partial charge on any atom is -0.363 e. The fourth-order valence-corrected chi connectivity index (χ4v) is 3.62. The van der Waals surface area contributed by atoms with Crippen LogP contribution in [0.2, 0.25) is 0 Å². The van der Waals surface area contributed by atoms with Crippen molar-refractivity contribution in [3.63, 3.8) is 0 Å². The van der Waals surface area contributed by atoms with Gasteiger partial charge in [0.2, 0.25) is 0 Å². The van der Waals surface area contributed by atoms with E-state index in [1.165, 1.54) is 0 Å². The summed E-state index contributed by atoms with van der Waals surface area (Å²) in [4.78, 5) is 0. The van der Waals surface area contributed by atoms with E-state index in [9.17, 15) is 8.42 Å². The van der Waals surface area contributed by atoms with Crippen LogP contribution >= 0.6 is 12.2 Å². The molecule has 0 aromatic carbocycles. The molecule has 0 amide bonds. The van der Waals surface area contributed by atoms with Gasteiger partial charge in [-0.15, -0.1) is 0 Å². The maximum Gasteiger partial charge on any atom is 0.166 e. The van der Waals surface area contributed by atoms with Gasteiger partial charge in [0.05, 0.1) is 11.5 Å². The third-order valence-corrected chi connectivity index (χ3v) is 4.54. The highest BCUT2D eigenvalue weighted by Gasteiger charge is 2.27. The summed E-state index contributed by atoms with van der Waals surface area (Å²) in [6.07, 6.45) is 1.78. The predicted octanol–water partition coefficient (Wildman–Crippen LogP) is 0.295. The molecule has 2 N–H and O–H groups in total. The molecule has 6 heteroatoms. The Bertz CT molecular complexity index is 314. The van der Waals surface area contributed by atoms with Crippen LogP contribution in [0.5, 0.6) is 0 Å². The van der Waals surface area contributed by atoms with Crippen LogP contribution in [0.3, 0.4) is 0 Å². The highest BCUT2D eigenvalue weighted by atomic mass is 32.2. The van der Waals surface area contributed by atoms with Crippen molar-refractivity contribution in [2.24, 2.45) is 5.92 Å². The van der Waals surface area contributed by atoms with E-state index < -0.39 is 9.84 Å². The van der Waals surface area contributed by atoms with Crippen LogP contribution in [-0.2, 0) is 9.84 Å². The Morgan fingerprint density at radius 2 is 2.20 bits per heavy atom. The molecule has 1 saturated heterocycles. The van der Waals surface area contributed by atoms with Crippen LogP contribution in [0.15, 0.2) is 0 Å². The van der Waals surface area contributed by atoms with Crippen molar-refractivity contribution in [2.75, 3.05) is 24.6 Å². The lowest BCUT2D eigenvalue weighted by Gasteiger charge is -2.12. The lowest BCUT2D eigenvalue weighted by Crippen LogP contribution is -2.38. The Labute approximate surface area is 96.7 Å². The molecule has 4 nitrogen and oxygen atoms in total. The van der Waals surface area contributed by atoms with Crippen molar-refractivity contribution in [2.45, 2.75) is 19.8 Å². The van der Waals surface area contributed by atoms with Gasteiger partial charge >= 0.3 is 0 Å². The number of thiocarbonyl (C=S) groups is 1. The van der Waals surface area contributed by atoms with Gasteiger partial charge in [0.25, 0.3) is 0 Å². The summed E-state index contributed by atoms with van der Waals surface area (Å²) in [6, 6.07) is 0. The van der Waals surface area contributed by atoms with Gasteiger partial charge in [-0.1, -0.05) is 6.92 Å². The lowest BCUT2D eigenvalue weighted by atomic mass is 10.1. The quantitative estimate of drug-likeness (QED) is 0.703. The smallest absolute Gasteiger partial charge is 0.166 e. The largest absolute Gasteiger partial charge is 0.363 e. The SMILES string of the molecule is CCCNC(=S)NCC1CCS(=O)(=O)C1. The fraction of sp³-hybridized carbons (Fsp3) is 0.889. The number of nitrogens with one attached hydrogen (secondary N) is 2. The van der Waals surface area contributed by atoms with E-state index in [0.717, 1.165) is 19.4 Å². The molecule has 0 aromatic heterocycles. The molecule has 1 heterocycles. The Morgan fingerprint density at radius 3 is 2.73 bits per heavy atom. The molecule has 0 bridgehead atoms.